The number of rotatable bonds is 12. The lowest BCUT2D eigenvalue weighted by Crippen LogP contribution is -2.14. The normalized spacial score (nSPS) is 11.2. The minimum absolute atomic E-state index is 0.134. The van der Waals surface area contributed by atoms with Gasteiger partial charge in [-0.05, 0) is 18.8 Å². The van der Waals surface area contributed by atoms with Crippen molar-refractivity contribution in [2.75, 3.05) is 13.2 Å². The second-order valence-electron chi connectivity index (χ2n) is 7.49. The monoisotopic (exact) mass is 506 g/mol. The zero-order valence-electron chi connectivity index (χ0n) is 18.6. The highest BCUT2D eigenvalue weighted by atomic mass is 16.6. The highest BCUT2D eigenvalue weighted by Crippen LogP contribution is 2.24. The highest BCUT2D eigenvalue weighted by molar-refractivity contribution is 5.91. The third kappa shape index (κ3) is 7.51. The molecule has 36 heavy (non-hydrogen) atoms. The lowest BCUT2D eigenvalue weighted by atomic mass is 10.1. The van der Waals surface area contributed by atoms with E-state index in [1.54, 1.807) is 6.92 Å². The molecule has 0 aliphatic heterocycles. The summed E-state index contributed by atoms with van der Waals surface area (Å²) in [5, 5.41) is 43.7. The van der Waals surface area contributed by atoms with Crippen LogP contribution in [0.4, 0.5) is 22.7 Å². The number of hydrogen-bond acceptors (Lipinski definition) is 12. The Morgan fingerprint density at radius 2 is 1.06 bits per heavy atom. The molecule has 16 heteroatoms. The van der Waals surface area contributed by atoms with Crippen LogP contribution in [0.25, 0.3) is 0 Å². The van der Waals surface area contributed by atoms with Crippen LogP contribution in [0.2, 0.25) is 0 Å². The minimum Gasteiger partial charge on any atom is -0.462 e. The molecule has 1 unspecified atom stereocenters. The first-order valence-corrected chi connectivity index (χ1v) is 10.1. The Balaban J connectivity index is 1.87. The van der Waals surface area contributed by atoms with Crippen molar-refractivity contribution in [3.8, 4) is 0 Å². The number of ether oxygens (including phenoxy) is 2. The van der Waals surface area contributed by atoms with Crippen LogP contribution in [0, 0.1) is 46.4 Å². The molecule has 0 bridgehead atoms. The van der Waals surface area contributed by atoms with E-state index in [1.165, 1.54) is 0 Å². The first kappa shape index (κ1) is 27.2. The quantitative estimate of drug-likeness (QED) is 0.173. The summed E-state index contributed by atoms with van der Waals surface area (Å²) in [5.74, 6) is -2.25. The molecule has 1 atom stereocenters. The standard InChI is InChI=1S/C20H18N4O12/c1-12(11-36-20(26)14-7-17(23(31)32)10-18(8-14)24(33)34)3-2-4-35-19(25)13-5-15(21(27)28)9-16(6-13)22(29)30/h5-10,12H,2-4,11H2,1H3. The van der Waals surface area contributed by atoms with Crippen LogP contribution in [0.1, 0.15) is 40.5 Å². The Kier molecular flexibility index (Phi) is 9.01. The van der Waals surface area contributed by atoms with Gasteiger partial charge in [0.15, 0.2) is 0 Å². The second-order valence-corrected chi connectivity index (χ2v) is 7.49. The molecule has 2 rings (SSSR count). The molecule has 0 N–H and O–H groups in total. The number of carbonyl (C=O) groups is 2. The van der Waals surface area contributed by atoms with Gasteiger partial charge >= 0.3 is 11.9 Å². The third-order valence-electron chi connectivity index (χ3n) is 4.69. The molecule has 0 aliphatic rings. The fourth-order valence-corrected chi connectivity index (χ4v) is 2.91. The summed E-state index contributed by atoms with van der Waals surface area (Å²) in [6.45, 7) is 1.42. The van der Waals surface area contributed by atoms with E-state index in [9.17, 15) is 50.0 Å². The molecule has 0 aromatic heterocycles. The van der Waals surface area contributed by atoms with Crippen LogP contribution in [0.5, 0.6) is 0 Å². The topological polar surface area (TPSA) is 225 Å². The van der Waals surface area contributed by atoms with E-state index in [1.807, 2.05) is 0 Å². The largest absolute Gasteiger partial charge is 0.462 e. The van der Waals surface area contributed by atoms with Gasteiger partial charge in [0.25, 0.3) is 22.7 Å². The van der Waals surface area contributed by atoms with Crippen LogP contribution in [-0.2, 0) is 9.47 Å². The van der Waals surface area contributed by atoms with Crippen molar-refractivity contribution in [2.45, 2.75) is 19.8 Å². The number of benzene rings is 2. The van der Waals surface area contributed by atoms with E-state index in [4.69, 9.17) is 9.47 Å². The number of esters is 2. The maximum atomic E-state index is 12.2. The van der Waals surface area contributed by atoms with Crippen molar-refractivity contribution in [3.05, 3.63) is 88.0 Å². The van der Waals surface area contributed by atoms with E-state index < -0.39 is 54.4 Å². The van der Waals surface area contributed by atoms with Crippen molar-refractivity contribution in [3.63, 3.8) is 0 Å². The maximum absolute atomic E-state index is 12.2. The summed E-state index contributed by atoms with van der Waals surface area (Å²) in [6, 6.07) is 4.86. The van der Waals surface area contributed by atoms with Gasteiger partial charge in [-0.3, -0.25) is 40.5 Å². The summed E-state index contributed by atoms with van der Waals surface area (Å²) in [7, 11) is 0. The molecule has 0 saturated carbocycles. The predicted octanol–water partition coefficient (Wildman–Crippen LogP) is 3.75. The number of nitro groups is 4. The number of nitro benzene ring substituents is 4. The number of nitrogens with zero attached hydrogens (tertiary/aromatic N) is 4. The number of non-ortho nitro benzene ring substituents is 4. The third-order valence-corrected chi connectivity index (χ3v) is 4.69. The average Bonchev–Trinajstić information content (AvgIpc) is 2.84. The predicted molar refractivity (Wildman–Crippen MR) is 118 cm³/mol. The second kappa shape index (κ2) is 11.9. The summed E-state index contributed by atoms with van der Waals surface area (Å²) < 4.78 is 10.1. The Morgan fingerprint density at radius 1 is 0.694 bits per heavy atom. The van der Waals surface area contributed by atoms with Crippen molar-refractivity contribution >= 4 is 34.7 Å². The van der Waals surface area contributed by atoms with Crippen LogP contribution >= 0.6 is 0 Å². The summed E-state index contributed by atoms with van der Waals surface area (Å²) in [4.78, 5) is 64.5. The van der Waals surface area contributed by atoms with E-state index in [2.05, 4.69) is 0 Å². The molecule has 0 amide bonds. The fraction of sp³-hybridized carbons (Fsp3) is 0.300. The van der Waals surface area contributed by atoms with Gasteiger partial charge < -0.3 is 9.47 Å². The molecule has 2 aromatic carbocycles. The Bertz CT molecular complexity index is 1160. The number of hydrogen-bond donors (Lipinski definition) is 0. The summed E-state index contributed by atoms with van der Waals surface area (Å²) in [5.41, 5.74) is -3.27. The van der Waals surface area contributed by atoms with Crippen molar-refractivity contribution < 1.29 is 38.8 Å². The van der Waals surface area contributed by atoms with Gasteiger partial charge in [-0.25, -0.2) is 9.59 Å². The lowest BCUT2D eigenvalue weighted by Gasteiger charge is -2.12. The summed E-state index contributed by atoms with van der Waals surface area (Å²) in [6.07, 6.45) is 0.661. The van der Waals surface area contributed by atoms with E-state index in [-0.39, 0.29) is 36.7 Å². The Morgan fingerprint density at radius 3 is 1.42 bits per heavy atom. The van der Waals surface area contributed by atoms with E-state index >= 15 is 0 Å². The SMILES string of the molecule is CC(CCCOC(=O)c1cc([N+](=O)[O-])cc([N+](=O)[O-])c1)COC(=O)c1cc([N+](=O)[O-])cc([N+](=O)[O-])c1. The molecule has 0 radical (unpaired) electrons. The fourth-order valence-electron chi connectivity index (χ4n) is 2.91. The zero-order chi connectivity index (χ0) is 27.0. The Labute approximate surface area is 201 Å². The molecule has 0 fully saturated rings. The molecule has 190 valence electrons. The van der Waals surface area contributed by atoms with Gasteiger partial charge in [0.05, 0.1) is 56.2 Å². The van der Waals surface area contributed by atoms with E-state index in [0.29, 0.717) is 18.6 Å². The van der Waals surface area contributed by atoms with Crippen molar-refractivity contribution in [1.82, 2.24) is 0 Å². The molecular formula is C20H18N4O12. The summed E-state index contributed by atoms with van der Waals surface area (Å²) >= 11 is 0. The van der Waals surface area contributed by atoms with Gasteiger partial charge in [-0.1, -0.05) is 6.92 Å². The first-order chi connectivity index (χ1) is 16.9. The molecule has 0 spiro atoms. The van der Waals surface area contributed by atoms with Gasteiger partial charge in [0.2, 0.25) is 0 Å². The molecule has 0 saturated heterocycles. The van der Waals surface area contributed by atoms with Crippen LogP contribution in [0.3, 0.4) is 0 Å². The van der Waals surface area contributed by atoms with E-state index in [0.717, 1.165) is 24.3 Å². The van der Waals surface area contributed by atoms with Crippen molar-refractivity contribution in [1.29, 1.82) is 0 Å². The van der Waals surface area contributed by atoms with Gasteiger partial charge in [0.1, 0.15) is 0 Å². The lowest BCUT2D eigenvalue weighted by molar-refractivity contribution is -0.394. The smallest absolute Gasteiger partial charge is 0.338 e. The molecular weight excluding hydrogens is 488 g/mol. The highest BCUT2D eigenvalue weighted by Gasteiger charge is 2.22. The van der Waals surface area contributed by atoms with Gasteiger partial charge in [0, 0.05) is 24.3 Å². The number of carbonyl (C=O) groups excluding carboxylic acids is 2. The molecule has 16 nitrogen and oxygen atoms in total. The zero-order valence-corrected chi connectivity index (χ0v) is 18.6. The van der Waals surface area contributed by atoms with Crippen LogP contribution in [0.15, 0.2) is 36.4 Å². The van der Waals surface area contributed by atoms with Crippen molar-refractivity contribution in [2.24, 2.45) is 5.92 Å². The molecule has 0 aliphatic carbocycles. The van der Waals surface area contributed by atoms with Gasteiger partial charge in [-0.2, -0.15) is 0 Å². The Hall–Kier alpha value is -5.02. The maximum Gasteiger partial charge on any atom is 0.338 e. The minimum atomic E-state index is -0.993. The van der Waals surface area contributed by atoms with Crippen LogP contribution in [-0.4, -0.2) is 44.8 Å². The van der Waals surface area contributed by atoms with Gasteiger partial charge in [-0.15, -0.1) is 0 Å². The molecule has 0 heterocycles. The van der Waals surface area contributed by atoms with Crippen LogP contribution < -0.4 is 0 Å². The first-order valence-electron chi connectivity index (χ1n) is 10.1. The average molecular weight is 506 g/mol. The molecule has 2 aromatic rings.